The predicted molar refractivity (Wildman–Crippen MR) is 55.2 cm³/mol. The summed E-state index contributed by atoms with van der Waals surface area (Å²) in [5.74, 6) is 1.21. The fourth-order valence-corrected chi connectivity index (χ4v) is 1.89. The van der Waals surface area contributed by atoms with Gasteiger partial charge in [0, 0.05) is 6.04 Å². The summed E-state index contributed by atoms with van der Waals surface area (Å²) in [5.41, 5.74) is 7.37. The lowest BCUT2D eigenvalue weighted by atomic mass is 9.88. The summed E-state index contributed by atoms with van der Waals surface area (Å²) in [7, 11) is 0. The average Bonchev–Trinajstić information content (AvgIpc) is 2.53. The highest BCUT2D eigenvalue weighted by Gasteiger charge is 2.17. The molecular weight excluding hydrogens is 166 g/mol. The highest BCUT2D eigenvalue weighted by molar-refractivity contribution is 7.07. The van der Waals surface area contributed by atoms with Crippen molar-refractivity contribution in [3.8, 4) is 0 Å². The zero-order valence-corrected chi connectivity index (χ0v) is 8.77. The van der Waals surface area contributed by atoms with E-state index >= 15 is 0 Å². The Morgan fingerprint density at radius 1 is 1.33 bits per heavy atom. The van der Waals surface area contributed by atoms with Gasteiger partial charge in [0.2, 0.25) is 0 Å². The third-order valence-corrected chi connectivity index (χ3v) is 3.25. The molecule has 0 radical (unpaired) electrons. The maximum atomic E-state index is 6.09. The number of hydrogen-bond donors (Lipinski definition) is 1. The zero-order valence-electron chi connectivity index (χ0n) is 7.95. The van der Waals surface area contributed by atoms with Crippen molar-refractivity contribution >= 4 is 11.3 Å². The minimum atomic E-state index is 0.205. The van der Waals surface area contributed by atoms with Gasteiger partial charge in [0.15, 0.2) is 0 Å². The molecule has 0 saturated carbocycles. The van der Waals surface area contributed by atoms with Crippen LogP contribution in [0.4, 0.5) is 0 Å². The first-order chi connectivity index (χ1) is 5.63. The van der Waals surface area contributed by atoms with Crippen molar-refractivity contribution in [1.82, 2.24) is 0 Å². The van der Waals surface area contributed by atoms with E-state index in [0.29, 0.717) is 11.8 Å². The SMILES string of the molecule is CC(C)C(C)C(N)c1ccsc1. The molecule has 1 aromatic heterocycles. The van der Waals surface area contributed by atoms with E-state index in [9.17, 15) is 0 Å². The Balaban J connectivity index is 2.65. The van der Waals surface area contributed by atoms with E-state index < -0.39 is 0 Å². The number of thiophene rings is 1. The van der Waals surface area contributed by atoms with Crippen LogP contribution in [0.25, 0.3) is 0 Å². The standard InChI is InChI=1S/C10H17NS/c1-7(2)8(3)10(11)9-4-5-12-6-9/h4-8,10H,11H2,1-3H3. The Hall–Kier alpha value is -0.340. The lowest BCUT2D eigenvalue weighted by Gasteiger charge is -2.22. The molecule has 0 aliphatic rings. The van der Waals surface area contributed by atoms with Crippen LogP contribution in [0, 0.1) is 11.8 Å². The fraction of sp³-hybridized carbons (Fsp3) is 0.600. The van der Waals surface area contributed by atoms with Gasteiger partial charge in [-0.1, -0.05) is 20.8 Å². The monoisotopic (exact) mass is 183 g/mol. The summed E-state index contributed by atoms with van der Waals surface area (Å²) in [5, 5.41) is 4.23. The lowest BCUT2D eigenvalue weighted by Crippen LogP contribution is -2.22. The maximum absolute atomic E-state index is 6.09. The summed E-state index contributed by atoms with van der Waals surface area (Å²) >= 11 is 1.72. The molecule has 12 heavy (non-hydrogen) atoms. The molecule has 2 unspecified atom stereocenters. The van der Waals surface area contributed by atoms with Crippen molar-refractivity contribution in [3.05, 3.63) is 22.4 Å². The molecule has 1 rings (SSSR count). The molecule has 0 amide bonds. The average molecular weight is 183 g/mol. The van der Waals surface area contributed by atoms with Crippen molar-refractivity contribution in [2.24, 2.45) is 17.6 Å². The molecule has 2 heteroatoms. The second-order valence-corrected chi connectivity index (χ2v) is 4.47. The Morgan fingerprint density at radius 2 is 2.00 bits per heavy atom. The van der Waals surface area contributed by atoms with Crippen LogP contribution < -0.4 is 5.73 Å². The molecule has 0 aliphatic heterocycles. The van der Waals surface area contributed by atoms with Crippen molar-refractivity contribution in [2.45, 2.75) is 26.8 Å². The second-order valence-electron chi connectivity index (χ2n) is 3.69. The van der Waals surface area contributed by atoms with E-state index in [0.717, 1.165) is 0 Å². The van der Waals surface area contributed by atoms with E-state index in [1.54, 1.807) is 11.3 Å². The van der Waals surface area contributed by atoms with Gasteiger partial charge in [-0.25, -0.2) is 0 Å². The summed E-state index contributed by atoms with van der Waals surface area (Å²) < 4.78 is 0. The van der Waals surface area contributed by atoms with Gasteiger partial charge in [-0.05, 0) is 34.2 Å². The Bertz CT molecular complexity index is 216. The molecule has 1 nitrogen and oxygen atoms in total. The van der Waals surface area contributed by atoms with E-state index in [-0.39, 0.29) is 6.04 Å². The number of hydrogen-bond acceptors (Lipinski definition) is 2. The highest BCUT2D eigenvalue weighted by atomic mass is 32.1. The first kappa shape index (κ1) is 9.75. The molecule has 0 saturated heterocycles. The molecule has 2 N–H and O–H groups in total. The van der Waals surface area contributed by atoms with Crippen molar-refractivity contribution in [2.75, 3.05) is 0 Å². The third-order valence-electron chi connectivity index (χ3n) is 2.55. The Kier molecular flexibility index (Phi) is 3.29. The fourth-order valence-electron chi connectivity index (χ4n) is 1.18. The van der Waals surface area contributed by atoms with Gasteiger partial charge in [0.1, 0.15) is 0 Å². The summed E-state index contributed by atoms with van der Waals surface area (Å²) in [6.45, 7) is 6.65. The van der Waals surface area contributed by atoms with Crippen LogP contribution in [0.5, 0.6) is 0 Å². The second kappa shape index (κ2) is 4.06. The molecule has 68 valence electrons. The maximum Gasteiger partial charge on any atom is 0.0331 e. The molecule has 1 aromatic rings. The van der Waals surface area contributed by atoms with Crippen molar-refractivity contribution < 1.29 is 0 Å². The van der Waals surface area contributed by atoms with Gasteiger partial charge in [-0.2, -0.15) is 11.3 Å². The topological polar surface area (TPSA) is 26.0 Å². The minimum Gasteiger partial charge on any atom is -0.324 e. The minimum absolute atomic E-state index is 0.205. The van der Waals surface area contributed by atoms with E-state index in [4.69, 9.17) is 5.73 Å². The van der Waals surface area contributed by atoms with Gasteiger partial charge < -0.3 is 5.73 Å². The van der Waals surface area contributed by atoms with Crippen molar-refractivity contribution in [3.63, 3.8) is 0 Å². The molecule has 0 aromatic carbocycles. The highest BCUT2D eigenvalue weighted by Crippen LogP contribution is 2.26. The molecule has 0 fully saturated rings. The number of nitrogens with two attached hydrogens (primary N) is 1. The van der Waals surface area contributed by atoms with E-state index in [2.05, 4.69) is 37.6 Å². The van der Waals surface area contributed by atoms with Crippen LogP contribution in [0.1, 0.15) is 32.4 Å². The van der Waals surface area contributed by atoms with Gasteiger partial charge in [-0.15, -0.1) is 0 Å². The van der Waals surface area contributed by atoms with Crippen LogP contribution in [-0.4, -0.2) is 0 Å². The molecule has 2 atom stereocenters. The summed E-state index contributed by atoms with van der Waals surface area (Å²) in [6, 6.07) is 2.32. The van der Waals surface area contributed by atoms with Gasteiger partial charge in [0.05, 0.1) is 0 Å². The van der Waals surface area contributed by atoms with Crippen molar-refractivity contribution in [1.29, 1.82) is 0 Å². The molecule has 0 spiro atoms. The van der Waals surface area contributed by atoms with Crippen LogP contribution in [0.2, 0.25) is 0 Å². The number of rotatable bonds is 3. The summed E-state index contributed by atoms with van der Waals surface area (Å²) in [4.78, 5) is 0. The van der Waals surface area contributed by atoms with E-state index in [1.807, 2.05) is 0 Å². The van der Waals surface area contributed by atoms with Crippen LogP contribution in [0.3, 0.4) is 0 Å². The largest absolute Gasteiger partial charge is 0.324 e. The van der Waals surface area contributed by atoms with Gasteiger partial charge in [0.25, 0.3) is 0 Å². The molecule has 1 heterocycles. The normalized spacial score (nSPS) is 16.4. The molecule has 0 bridgehead atoms. The van der Waals surface area contributed by atoms with Crippen LogP contribution in [0.15, 0.2) is 16.8 Å². The lowest BCUT2D eigenvalue weighted by molar-refractivity contribution is 0.353. The first-order valence-electron chi connectivity index (χ1n) is 4.40. The molecule has 0 aliphatic carbocycles. The quantitative estimate of drug-likeness (QED) is 0.766. The van der Waals surface area contributed by atoms with Gasteiger partial charge >= 0.3 is 0 Å². The first-order valence-corrected chi connectivity index (χ1v) is 5.35. The molecular formula is C10H17NS. The van der Waals surface area contributed by atoms with Gasteiger partial charge in [-0.3, -0.25) is 0 Å². The summed E-state index contributed by atoms with van der Waals surface area (Å²) in [6.07, 6.45) is 0. The smallest absolute Gasteiger partial charge is 0.0331 e. The van der Waals surface area contributed by atoms with E-state index in [1.165, 1.54) is 5.56 Å². The third kappa shape index (κ3) is 2.08. The van der Waals surface area contributed by atoms with Crippen LogP contribution >= 0.6 is 11.3 Å². The Morgan fingerprint density at radius 3 is 2.42 bits per heavy atom. The predicted octanol–water partition coefficient (Wildman–Crippen LogP) is 3.04. The van der Waals surface area contributed by atoms with Crippen LogP contribution in [-0.2, 0) is 0 Å². The zero-order chi connectivity index (χ0) is 9.14. The Labute approximate surface area is 78.6 Å².